The first-order chi connectivity index (χ1) is 13.0. The number of carbonyl (C=O) groups excluding carboxylic acids is 2. The van der Waals surface area contributed by atoms with Gasteiger partial charge in [-0.05, 0) is 49.4 Å². The van der Waals surface area contributed by atoms with Gasteiger partial charge in [-0.1, -0.05) is 15.9 Å². The van der Waals surface area contributed by atoms with E-state index in [1.807, 2.05) is 0 Å². The number of aromatic amines is 1. The maximum Gasteiger partial charge on any atom is 0.299 e. The van der Waals surface area contributed by atoms with Crippen LogP contribution in [-0.2, 0) is 24.2 Å². The molecule has 0 saturated heterocycles. The number of anilines is 1. The number of Topliss-reactive ketones (excluding diaryl/α,β-unsaturated/α-hetero) is 1. The number of thiophene rings is 1. The quantitative estimate of drug-likeness (QED) is 0.615. The van der Waals surface area contributed by atoms with Gasteiger partial charge in [0.25, 0.3) is 17.2 Å². The highest BCUT2D eigenvalue weighted by atomic mass is 79.9. The molecule has 0 fully saturated rings. The molecule has 1 aliphatic heterocycles. The highest BCUT2D eigenvalue weighted by molar-refractivity contribution is 9.10. The molecule has 0 unspecified atom stereocenters. The smallest absolute Gasteiger partial charge is 0.299 e. The Kier molecular flexibility index (Phi) is 3.80. The minimum absolute atomic E-state index is 0.0625. The highest BCUT2D eigenvalue weighted by Crippen LogP contribution is 2.35. The number of benzene rings is 1. The summed E-state index contributed by atoms with van der Waals surface area (Å²) in [7, 11) is 0. The fourth-order valence-corrected chi connectivity index (χ4v) is 5.50. The number of ketones is 1. The Morgan fingerprint density at radius 2 is 2.00 bits per heavy atom. The average molecular weight is 444 g/mol. The van der Waals surface area contributed by atoms with Crippen LogP contribution < -0.4 is 10.5 Å². The molecule has 1 N–H and O–H groups in total. The van der Waals surface area contributed by atoms with E-state index in [0.29, 0.717) is 22.5 Å². The molecule has 27 heavy (non-hydrogen) atoms. The molecule has 5 rings (SSSR count). The first-order valence-corrected chi connectivity index (χ1v) is 10.3. The van der Waals surface area contributed by atoms with E-state index < -0.39 is 11.7 Å². The van der Waals surface area contributed by atoms with Gasteiger partial charge in [-0.2, -0.15) is 0 Å². The van der Waals surface area contributed by atoms with Crippen LogP contribution in [0.1, 0.15) is 39.5 Å². The number of aryl methyl sites for hydroxylation is 2. The Hall–Kier alpha value is -2.32. The standard InChI is InChI=1S/C19H14BrN3O3S/c20-9-5-6-12-11(7-9)16(24)19(26)23(12)8-14-21-17(25)15-10-3-1-2-4-13(10)27-18(15)22-14/h5-7H,1-4,8H2,(H,21,22,25). The Morgan fingerprint density at radius 1 is 1.19 bits per heavy atom. The van der Waals surface area contributed by atoms with Gasteiger partial charge in [0.05, 0.1) is 23.2 Å². The van der Waals surface area contributed by atoms with Gasteiger partial charge in [0.15, 0.2) is 0 Å². The lowest BCUT2D eigenvalue weighted by molar-refractivity contribution is -0.114. The fourth-order valence-electron chi connectivity index (χ4n) is 3.86. The molecule has 1 aromatic carbocycles. The van der Waals surface area contributed by atoms with E-state index in [2.05, 4.69) is 25.9 Å². The van der Waals surface area contributed by atoms with Crippen LogP contribution in [0.2, 0.25) is 0 Å². The van der Waals surface area contributed by atoms with Crippen molar-refractivity contribution in [2.24, 2.45) is 0 Å². The predicted molar refractivity (Wildman–Crippen MR) is 107 cm³/mol. The molecule has 0 radical (unpaired) electrons. The molecule has 2 aliphatic rings. The van der Waals surface area contributed by atoms with E-state index in [1.54, 1.807) is 29.5 Å². The SMILES string of the molecule is O=C1C(=O)N(Cc2nc3sc4c(c3c(=O)[nH]2)CCCC4)c2ccc(Br)cc21. The molecule has 2 aromatic heterocycles. The van der Waals surface area contributed by atoms with E-state index in [4.69, 9.17) is 0 Å². The molecule has 0 spiro atoms. The summed E-state index contributed by atoms with van der Waals surface area (Å²) >= 11 is 4.89. The molecule has 136 valence electrons. The number of amides is 1. The Bertz CT molecular complexity index is 1200. The Balaban J connectivity index is 1.57. The van der Waals surface area contributed by atoms with Gasteiger partial charge in [0.1, 0.15) is 10.7 Å². The summed E-state index contributed by atoms with van der Waals surface area (Å²) < 4.78 is 0.737. The third-order valence-corrected chi connectivity index (χ3v) is 6.79. The van der Waals surface area contributed by atoms with E-state index >= 15 is 0 Å². The van der Waals surface area contributed by atoms with E-state index in [-0.39, 0.29) is 12.1 Å². The first kappa shape index (κ1) is 16.8. The van der Waals surface area contributed by atoms with Crippen molar-refractivity contribution in [3.8, 4) is 0 Å². The maximum atomic E-state index is 12.7. The van der Waals surface area contributed by atoms with Crippen molar-refractivity contribution in [1.29, 1.82) is 0 Å². The monoisotopic (exact) mass is 443 g/mol. The largest absolute Gasteiger partial charge is 0.308 e. The van der Waals surface area contributed by atoms with Gasteiger partial charge in [-0.3, -0.25) is 19.3 Å². The van der Waals surface area contributed by atoms with Crippen molar-refractivity contribution in [3.05, 3.63) is 54.9 Å². The lowest BCUT2D eigenvalue weighted by atomic mass is 9.97. The van der Waals surface area contributed by atoms with E-state index in [9.17, 15) is 14.4 Å². The summed E-state index contributed by atoms with van der Waals surface area (Å²) in [5, 5.41) is 0.687. The van der Waals surface area contributed by atoms with Gasteiger partial charge < -0.3 is 4.98 Å². The minimum atomic E-state index is -0.601. The molecule has 6 nitrogen and oxygen atoms in total. The van der Waals surface area contributed by atoms with Crippen LogP contribution in [0.4, 0.5) is 5.69 Å². The topological polar surface area (TPSA) is 83.1 Å². The van der Waals surface area contributed by atoms with Crippen LogP contribution in [0.5, 0.6) is 0 Å². The Morgan fingerprint density at radius 3 is 2.85 bits per heavy atom. The molecule has 1 aliphatic carbocycles. The van der Waals surface area contributed by atoms with Crippen LogP contribution >= 0.6 is 27.3 Å². The first-order valence-electron chi connectivity index (χ1n) is 8.72. The van der Waals surface area contributed by atoms with Gasteiger partial charge in [0.2, 0.25) is 0 Å². The third kappa shape index (κ3) is 2.58. The number of nitrogens with zero attached hydrogens (tertiary/aromatic N) is 2. The van der Waals surface area contributed by atoms with Crippen LogP contribution in [0, 0.1) is 0 Å². The highest BCUT2D eigenvalue weighted by Gasteiger charge is 2.36. The summed E-state index contributed by atoms with van der Waals surface area (Å²) in [5.74, 6) is -0.749. The number of rotatable bonds is 2. The summed E-state index contributed by atoms with van der Waals surface area (Å²) in [4.78, 5) is 48.1. The predicted octanol–water partition coefficient (Wildman–Crippen LogP) is 3.36. The average Bonchev–Trinajstić information content (AvgIpc) is 3.13. The number of nitrogens with one attached hydrogen (secondary N) is 1. The van der Waals surface area contributed by atoms with Crippen molar-refractivity contribution in [3.63, 3.8) is 0 Å². The van der Waals surface area contributed by atoms with Crippen molar-refractivity contribution in [1.82, 2.24) is 9.97 Å². The lowest BCUT2D eigenvalue weighted by Crippen LogP contribution is -2.30. The van der Waals surface area contributed by atoms with Crippen LogP contribution in [0.3, 0.4) is 0 Å². The number of hydrogen-bond acceptors (Lipinski definition) is 5. The molecule has 0 saturated carbocycles. The third-order valence-electron chi connectivity index (χ3n) is 5.12. The zero-order chi connectivity index (χ0) is 18.7. The number of H-pyrrole nitrogens is 1. The van der Waals surface area contributed by atoms with Gasteiger partial charge in [-0.25, -0.2) is 4.98 Å². The van der Waals surface area contributed by atoms with Crippen LogP contribution in [0.15, 0.2) is 27.5 Å². The number of halogens is 1. The number of fused-ring (bicyclic) bond motifs is 4. The second-order valence-corrected chi connectivity index (χ2v) is 8.78. The molecule has 1 amide bonds. The number of hydrogen-bond donors (Lipinski definition) is 1. The molecular weight excluding hydrogens is 430 g/mol. The van der Waals surface area contributed by atoms with Gasteiger partial charge in [-0.15, -0.1) is 11.3 Å². The van der Waals surface area contributed by atoms with Crippen molar-refractivity contribution in [2.45, 2.75) is 32.2 Å². The normalized spacial score (nSPS) is 16.1. The van der Waals surface area contributed by atoms with Crippen LogP contribution in [-0.4, -0.2) is 21.7 Å². The maximum absolute atomic E-state index is 12.7. The summed E-state index contributed by atoms with van der Waals surface area (Å²) in [5.41, 5.74) is 1.87. The summed E-state index contributed by atoms with van der Waals surface area (Å²) in [6.07, 6.45) is 4.14. The summed E-state index contributed by atoms with van der Waals surface area (Å²) in [6, 6.07) is 5.15. The molecule has 3 aromatic rings. The Labute approximate surface area is 166 Å². The number of carbonyl (C=O) groups is 2. The van der Waals surface area contributed by atoms with Crippen LogP contribution in [0.25, 0.3) is 10.2 Å². The van der Waals surface area contributed by atoms with Gasteiger partial charge >= 0.3 is 0 Å². The fraction of sp³-hybridized carbons (Fsp3) is 0.263. The second kappa shape index (κ2) is 6.10. The number of aromatic nitrogens is 2. The molecular formula is C19H14BrN3O3S. The summed E-state index contributed by atoms with van der Waals surface area (Å²) in [6.45, 7) is 0.0625. The minimum Gasteiger partial charge on any atom is -0.308 e. The van der Waals surface area contributed by atoms with E-state index in [0.717, 1.165) is 40.5 Å². The van der Waals surface area contributed by atoms with Gasteiger partial charge in [0, 0.05) is 9.35 Å². The van der Waals surface area contributed by atoms with Crippen molar-refractivity contribution in [2.75, 3.05) is 4.90 Å². The molecule has 0 atom stereocenters. The molecule has 3 heterocycles. The second-order valence-electron chi connectivity index (χ2n) is 6.79. The van der Waals surface area contributed by atoms with Crippen molar-refractivity contribution >= 4 is 54.9 Å². The van der Waals surface area contributed by atoms with E-state index in [1.165, 1.54) is 9.78 Å². The molecule has 8 heteroatoms. The lowest BCUT2D eigenvalue weighted by Gasteiger charge is -2.15. The zero-order valence-electron chi connectivity index (χ0n) is 14.2. The van der Waals surface area contributed by atoms with Crippen molar-refractivity contribution < 1.29 is 9.59 Å². The zero-order valence-corrected chi connectivity index (χ0v) is 16.6. The molecule has 0 bridgehead atoms.